The van der Waals surface area contributed by atoms with Crippen LogP contribution < -0.4 is 10.6 Å². The van der Waals surface area contributed by atoms with Crippen LogP contribution in [0.2, 0.25) is 0 Å². The summed E-state index contributed by atoms with van der Waals surface area (Å²) < 4.78 is 35.1. The van der Waals surface area contributed by atoms with Gasteiger partial charge in [0.05, 0.1) is 0 Å². The van der Waals surface area contributed by atoms with Crippen molar-refractivity contribution in [2.45, 2.75) is 19.8 Å². The van der Waals surface area contributed by atoms with E-state index in [9.17, 15) is 18.0 Å². The summed E-state index contributed by atoms with van der Waals surface area (Å²) in [5.41, 5.74) is 1.78. The summed E-state index contributed by atoms with van der Waals surface area (Å²) in [4.78, 5) is 10.8. The summed E-state index contributed by atoms with van der Waals surface area (Å²) in [5.74, 6) is 0. The molecule has 2 N–H and O–H groups in total. The molecule has 0 aliphatic carbocycles. The highest BCUT2D eigenvalue weighted by atomic mass is 19.4. The molecule has 6 heteroatoms. The lowest BCUT2D eigenvalue weighted by molar-refractivity contribution is -0.145. The Morgan fingerprint density at radius 3 is 2.31 bits per heavy atom. The zero-order chi connectivity index (χ0) is 12.2. The number of alkyl halides is 3. The molecule has 0 spiro atoms. The number of rotatable bonds is 2. The van der Waals surface area contributed by atoms with Gasteiger partial charge in [0.15, 0.2) is 0 Å². The van der Waals surface area contributed by atoms with Crippen LogP contribution in [0.1, 0.15) is 11.1 Å². The Morgan fingerprint density at radius 1 is 1.25 bits per heavy atom. The summed E-state index contributed by atoms with van der Waals surface area (Å²) in [6, 6.07) is 5.86. The molecule has 0 radical (unpaired) electrons. The summed E-state index contributed by atoms with van der Waals surface area (Å²) >= 11 is 0. The number of hydrogen-bond acceptors (Lipinski definition) is 1. The van der Waals surface area contributed by atoms with Gasteiger partial charge in [0.25, 0.3) is 0 Å². The van der Waals surface area contributed by atoms with Crippen LogP contribution in [0.3, 0.4) is 0 Å². The number of nitrogens with one attached hydrogen (secondary N) is 2. The third-order valence-corrected chi connectivity index (χ3v) is 1.83. The number of halogens is 3. The second-order valence-electron chi connectivity index (χ2n) is 3.29. The third kappa shape index (κ3) is 4.68. The molecule has 1 aromatic carbocycles. The van der Waals surface area contributed by atoms with E-state index in [2.05, 4.69) is 5.32 Å². The van der Waals surface area contributed by atoms with E-state index in [1.807, 2.05) is 19.1 Å². The standard InChI is InChI=1S/C10H11F3N2O/c1-7-2-4-8(5-3-7)6-14-9(16)15-10(11,12)13/h2-5H,6H2,1H3,(H2,14,15,16). The normalized spacial score (nSPS) is 11.0. The predicted molar refractivity (Wildman–Crippen MR) is 52.6 cm³/mol. The van der Waals surface area contributed by atoms with E-state index in [1.54, 1.807) is 12.1 Å². The van der Waals surface area contributed by atoms with Crippen molar-refractivity contribution in [3.05, 3.63) is 35.4 Å². The van der Waals surface area contributed by atoms with Crippen LogP contribution in [0.25, 0.3) is 0 Å². The van der Waals surface area contributed by atoms with Gasteiger partial charge in [0, 0.05) is 6.54 Å². The highest BCUT2D eigenvalue weighted by molar-refractivity contribution is 5.74. The van der Waals surface area contributed by atoms with Crippen molar-refractivity contribution in [1.82, 2.24) is 10.6 Å². The fraction of sp³-hybridized carbons (Fsp3) is 0.300. The zero-order valence-corrected chi connectivity index (χ0v) is 8.56. The second kappa shape index (κ2) is 4.87. The SMILES string of the molecule is Cc1ccc(CNC(=O)NC(F)(F)F)cc1. The van der Waals surface area contributed by atoms with Gasteiger partial charge in [-0.05, 0) is 12.5 Å². The van der Waals surface area contributed by atoms with Gasteiger partial charge in [-0.1, -0.05) is 29.8 Å². The Morgan fingerprint density at radius 2 is 1.81 bits per heavy atom. The zero-order valence-electron chi connectivity index (χ0n) is 8.56. The number of aryl methyl sites for hydroxylation is 1. The van der Waals surface area contributed by atoms with E-state index in [4.69, 9.17) is 0 Å². The summed E-state index contributed by atoms with van der Waals surface area (Å²) in [6.45, 7) is 1.95. The van der Waals surface area contributed by atoms with E-state index < -0.39 is 12.3 Å². The van der Waals surface area contributed by atoms with Gasteiger partial charge < -0.3 is 5.32 Å². The molecule has 0 heterocycles. The molecule has 1 aromatic rings. The number of carbonyl (C=O) groups excluding carboxylic acids is 1. The molecule has 0 saturated heterocycles. The maximum absolute atomic E-state index is 11.7. The molecule has 0 unspecified atom stereocenters. The number of amides is 2. The molecule has 0 atom stereocenters. The Balaban J connectivity index is 2.40. The lowest BCUT2D eigenvalue weighted by Crippen LogP contribution is -2.43. The molecule has 88 valence electrons. The van der Waals surface area contributed by atoms with Gasteiger partial charge in [0.1, 0.15) is 0 Å². The molecule has 0 aliphatic heterocycles. The fourth-order valence-electron chi connectivity index (χ4n) is 1.06. The van der Waals surface area contributed by atoms with Crippen LogP contribution in [0.5, 0.6) is 0 Å². The molecule has 16 heavy (non-hydrogen) atoms. The van der Waals surface area contributed by atoms with Gasteiger partial charge in [-0.2, -0.15) is 13.2 Å². The lowest BCUT2D eigenvalue weighted by atomic mass is 10.1. The van der Waals surface area contributed by atoms with Crippen molar-refractivity contribution >= 4 is 6.03 Å². The molecule has 0 fully saturated rings. The number of benzene rings is 1. The van der Waals surface area contributed by atoms with Gasteiger partial charge in [-0.3, -0.25) is 0 Å². The van der Waals surface area contributed by atoms with Crippen molar-refractivity contribution < 1.29 is 18.0 Å². The minimum Gasteiger partial charge on any atom is -0.334 e. The number of hydrogen-bond donors (Lipinski definition) is 2. The Bertz CT molecular complexity index is 359. The topological polar surface area (TPSA) is 41.1 Å². The maximum Gasteiger partial charge on any atom is 0.485 e. The highest BCUT2D eigenvalue weighted by Crippen LogP contribution is 2.09. The van der Waals surface area contributed by atoms with Crippen molar-refractivity contribution in [1.29, 1.82) is 0 Å². The van der Waals surface area contributed by atoms with Crippen LogP contribution >= 0.6 is 0 Å². The molecule has 0 bridgehead atoms. The van der Waals surface area contributed by atoms with Crippen LogP contribution in [-0.4, -0.2) is 12.3 Å². The van der Waals surface area contributed by atoms with Crippen molar-refractivity contribution in [3.63, 3.8) is 0 Å². The van der Waals surface area contributed by atoms with Gasteiger partial charge >= 0.3 is 12.3 Å². The predicted octanol–water partition coefficient (Wildman–Crippen LogP) is 2.31. The van der Waals surface area contributed by atoms with Crippen LogP contribution in [0.15, 0.2) is 24.3 Å². The minimum atomic E-state index is -4.70. The smallest absolute Gasteiger partial charge is 0.334 e. The van der Waals surface area contributed by atoms with E-state index >= 15 is 0 Å². The summed E-state index contributed by atoms with van der Waals surface area (Å²) in [7, 11) is 0. The molecule has 0 saturated carbocycles. The first-order valence-corrected chi connectivity index (χ1v) is 4.55. The third-order valence-electron chi connectivity index (χ3n) is 1.83. The molecule has 2 amide bonds. The molecular formula is C10H11F3N2O. The molecular weight excluding hydrogens is 221 g/mol. The lowest BCUT2D eigenvalue weighted by Gasteiger charge is -2.09. The second-order valence-corrected chi connectivity index (χ2v) is 3.29. The van der Waals surface area contributed by atoms with E-state index in [0.29, 0.717) is 0 Å². The van der Waals surface area contributed by atoms with Crippen molar-refractivity contribution in [3.8, 4) is 0 Å². The van der Waals surface area contributed by atoms with Gasteiger partial charge in [-0.25, -0.2) is 10.1 Å². The molecule has 3 nitrogen and oxygen atoms in total. The summed E-state index contributed by atoms with van der Waals surface area (Å²) in [6.07, 6.45) is -4.70. The van der Waals surface area contributed by atoms with Crippen molar-refractivity contribution in [2.24, 2.45) is 0 Å². The molecule has 0 aromatic heterocycles. The first-order chi connectivity index (χ1) is 7.37. The Hall–Kier alpha value is -1.72. The van der Waals surface area contributed by atoms with E-state index in [-0.39, 0.29) is 6.54 Å². The first kappa shape index (κ1) is 12.4. The largest absolute Gasteiger partial charge is 0.485 e. The molecule has 0 aliphatic rings. The van der Waals surface area contributed by atoms with Gasteiger partial charge in [0.2, 0.25) is 0 Å². The fourth-order valence-corrected chi connectivity index (χ4v) is 1.06. The van der Waals surface area contributed by atoms with Crippen molar-refractivity contribution in [2.75, 3.05) is 0 Å². The summed E-state index contributed by atoms with van der Waals surface area (Å²) in [5, 5.41) is 2.96. The van der Waals surface area contributed by atoms with Crippen LogP contribution in [0.4, 0.5) is 18.0 Å². The average Bonchev–Trinajstić information content (AvgIpc) is 2.14. The molecule has 1 rings (SSSR count). The monoisotopic (exact) mass is 232 g/mol. The quantitative estimate of drug-likeness (QED) is 0.755. The minimum absolute atomic E-state index is 0.0577. The first-order valence-electron chi connectivity index (χ1n) is 4.55. The van der Waals surface area contributed by atoms with E-state index in [1.165, 1.54) is 0 Å². The van der Waals surface area contributed by atoms with Crippen LogP contribution in [0, 0.1) is 6.92 Å². The van der Waals surface area contributed by atoms with Crippen LogP contribution in [-0.2, 0) is 6.54 Å². The number of carbonyl (C=O) groups is 1. The maximum atomic E-state index is 11.7. The average molecular weight is 232 g/mol. The Kier molecular flexibility index (Phi) is 3.76. The highest BCUT2D eigenvalue weighted by Gasteiger charge is 2.29. The Labute approximate surface area is 90.6 Å². The van der Waals surface area contributed by atoms with E-state index in [0.717, 1.165) is 16.4 Å². The number of urea groups is 1. The van der Waals surface area contributed by atoms with Gasteiger partial charge in [-0.15, -0.1) is 0 Å².